The summed E-state index contributed by atoms with van der Waals surface area (Å²) in [6, 6.07) is 13.7. The molecular weight excluding hydrogens is 364 g/mol. The van der Waals surface area contributed by atoms with Gasteiger partial charge in [0.1, 0.15) is 5.75 Å². The Kier molecular flexibility index (Phi) is 7.10. The number of halogens is 1. The van der Waals surface area contributed by atoms with Crippen molar-refractivity contribution in [3.8, 4) is 5.75 Å². The first-order valence-corrected chi connectivity index (χ1v) is 9.51. The van der Waals surface area contributed by atoms with E-state index in [1.165, 1.54) is 5.56 Å². The molecule has 1 fully saturated rings. The minimum Gasteiger partial charge on any atom is -0.484 e. The fourth-order valence-corrected chi connectivity index (χ4v) is 3.18. The average Bonchev–Trinajstić information content (AvgIpc) is 2.67. The summed E-state index contributed by atoms with van der Waals surface area (Å²) in [5.74, 6) is 0.517. The molecule has 0 unspecified atom stereocenters. The molecule has 0 bridgehead atoms. The summed E-state index contributed by atoms with van der Waals surface area (Å²) in [6.07, 6.45) is 0. The lowest BCUT2D eigenvalue weighted by atomic mass is 10.1. The lowest BCUT2D eigenvalue weighted by Gasteiger charge is -2.26. The van der Waals surface area contributed by atoms with Gasteiger partial charge in [0, 0.05) is 31.2 Å². The number of amides is 1. The van der Waals surface area contributed by atoms with E-state index >= 15 is 0 Å². The topological polar surface area (TPSA) is 50.8 Å². The van der Waals surface area contributed by atoms with Crippen molar-refractivity contribution in [2.75, 3.05) is 32.9 Å². The van der Waals surface area contributed by atoms with E-state index in [4.69, 9.17) is 21.1 Å². The van der Waals surface area contributed by atoms with Gasteiger partial charge in [0.25, 0.3) is 5.91 Å². The van der Waals surface area contributed by atoms with Crippen LogP contribution in [0.3, 0.4) is 0 Å². The molecule has 0 atom stereocenters. The molecule has 5 nitrogen and oxygen atoms in total. The molecule has 144 valence electrons. The van der Waals surface area contributed by atoms with Crippen molar-refractivity contribution < 1.29 is 14.3 Å². The van der Waals surface area contributed by atoms with E-state index in [1.54, 1.807) is 12.1 Å². The van der Waals surface area contributed by atoms with Crippen LogP contribution < -0.4 is 10.1 Å². The van der Waals surface area contributed by atoms with Crippen molar-refractivity contribution in [2.45, 2.75) is 20.0 Å². The molecule has 1 aliphatic heterocycles. The number of nitrogens with zero attached hydrogens (tertiary/aromatic N) is 1. The van der Waals surface area contributed by atoms with Gasteiger partial charge in [0.15, 0.2) is 6.61 Å². The highest BCUT2D eigenvalue weighted by atomic mass is 35.5. The van der Waals surface area contributed by atoms with Crippen LogP contribution >= 0.6 is 11.6 Å². The van der Waals surface area contributed by atoms with Crippen LogP contribution in [0.5, 0.6) is 5.75 Å². The molecular formula is C21H25ClN2O3. The zero-order valence-electron chi connectivity index (χ0n) is 15.5. The second-order valence-electron chi connectivity index (χ2n) is 6.68. The lowest BCUT2D eigenvalue weighted by molar-refractivity contribution is -0.123. The fourth-order valence-electron chi connectivity index (χ4n) is 2.95. The number of rotatable bonds is 7. The molecule has 1 saturated heterocycles. The lowest BCUT2D eigenvalue weighted by Crippen LogP contribution is -2.35. The van der Waals surface area contributed by atoms with Crippen LogP contribution in [-0.2, 0) is 22.6 Å². The number of hydrogen-bond donors (Lipinski definition) is 1. The van der Waals surface area contributed by atoms with E-state index in [2.05, 4.69) is 34.5 Å². The van der Waals surface area contributed by atoms with E-state index in [-0.39, 0.29) is 12.5 Å². The highest BCUT2D eigenvalue weighted by Crippen LogP contribution is 2.21. The number of benzene rings is 2. The number of ether oxygens (including phenoxy) is 2. The van der Waals surface area contributed by atoms with Crippen LogP contribution in [-0.4, -0.2) is 43.7 Å². The second-order valence-corrected chi connectivity index (χ2v) is 7.12. The molecule has 1 heterocycles. The third-order valence-corrected chi connectivity index (χ3v) is 4.75. The number of carbonyl (C=O) groups is 1. The standard InChI is InChI=1S/C21H25ClN2O3/c1-16-12-19(22)6-7-20(16)27-15-21(25)23-13-17-2-4-18(5-3-17)14-24-8-10-26-11-9-24/h2-7,12H,8-11,13-15H2,1H3,(H,23,25). The monoisotopic (exact) mass is 388 g/mol. The predicted molar refractivity (Wildman–Crippen MR) is 106 cm³/mol. The molecule has 3 rings (SSSR count). The molecule has 1 aliphatic rings. The molecule has 2 aromatic rings. The Hall–Kier alpha value is -2.08. The van der Waals surface area contributed by atoms with Crippen LogP contribution in [0, 0.1) is 6.92 Å². The molecule has 27 heavy (non-hydrogen) atoms. The summed E-state index contributed by atoms with van der Waals surface area (Å²) in [5, 5.41) is 3.54. The van der Waals surface area contributed by atoms with E-state index in [1.807, 2.05) is 13.0 Å². The van der Waals surface area contributed by atoms with E-state index in [9.17, 15) is 4.79 Å². The number of aryl methyl sites for hydroxylation is 1. The first-order chi connectivity index (χ1) is 13.1. The van der Waals surface area contributed by atoms with Gasteiger partial charge >= 0.3 is 0 Å². The van der Waals surface area contributed by atoms with Gasteiger partial charge in [-0.25, -0.2) is 0 Å². The van der Waals surface area contributed by atoms with Gasteiger partial charge in [0.2, 0.25) is 0 Å². The summed E-state index contributed by atoms with van der Waals surface area (Å²) in [6.45, 7) is 6.87. The molecule has 1 N–H and O–H groups in total. The zero-order valence-corrected chi connectivity index (χ0v) is 16.3. The molecule has 0 aromatic heterocycles. The van der Waals surface area contributed by atoms with Crippen molar-refractivity contribution in [1.29, 1.82) is 0 Å². The van der Waals surface area contributed by atoms with Gasteiger partial charge in [-0.15, -0.1) is 0 Å². The smallest absolute Gasteiger partial charge is 0.258 e. The van der Waals surface area contributed by atoms with Crippen LogP contribution in [0.15, 0.2) is 42.5 Å². The van der Waals surface area contributed by atoms with E-state index in [0.29, 0.717) is 17.3 Å². The Morgan fingerprint density at radius 3 is 2.56 bits per heavy atom. The molecule has 1 amide bonds. The minimum atomic E-state index is -0.151. The van der Waals surface area contributed by atoms with Crippen molar-refractivity contribution in [3.63, 3.8) is 0 Å². The maximum absolute atomic E-state index is 12.0. The maximum Gasteiger partial charge on any atom is 0.258 e. The molecule has 0 aliphatic carbocycles. The highest BCUT2D eigenvalue weighted by molar-refractivity contribution is 6.30. The summed E-state index contributed by atoms with van der Waals surface area (Å²) in [5.41, 5.74) is 3.25. The first-order valence-electron chi connectivity index (χ1n) is 9.14. The Labute approximate surface area is 165 Å². The quantitative estimate of drug-likeness (QED) is 0.791. The Morgan fingerprint density at radius 2 is 1.85 bits per heavy atom. The highest BCUT2D eigenvalue weighted by Gasteiger charge is 2.10. The van der Waals surface area contributed by atoms with Crippen molar-refractivity contribution in [2.24, 2.45) is 0 Å². The van der Waals surface area contributed by atoms with Crippen LogP contribution in [0.2, 0.25) is 5.02 Å². The molecule has 6 heteroatoms. The van der Waals surface area contributed by atoms with Gasteiger partial charge in [-0.1, -0.05) is 35.9 Å². The Balaban J connectivity index is 1.41. The molecule has 0 radical (unpaired) electrons. The normalized spacial score (nSPS) is 14.7. The molecule has 0 spiro atoms. The van der Waals surface area contributed by atoms with Crippen LogP contribution in [0.25, 0.3) is 0 Å². The predicted octanol–water partition coefficient (Wildman–Crippen LogP) is 3.18. The van der Waals surface area contributed by atoms with Gasteiger partial charge in [-0.2, -0.15) is 0 Å². The third kappa shape index (κ3) is 6.24. The minimum absolute atomic E-state index is 0.0163. The summed E-state index contributed by atoms with van der Waals surface area (Å²) in [7, 11) is 0. The van der Waals surface area contributed by atoms with Gasteiger partial charge in [0.05, 0.1) is 13.2 Å². The van der Waals surface area contributed by atoms with E-state index in [0.717, 1.165) is 44.0 Å². The molecule has 2 aromatic carbocycles. The first kappa shape index (κ1) is 19.7. The van der Waals surface area contributed by atoms with Gasteiger partial charge in [-0.3, -0.25) is 9.69 Å². The number of carbonyl (C=O) groups excluding carboxylic acids is 1. The molecule has 0 saturated carbocycles. The van der Waals surface area contributed by atoms with Crippen molar-refractivity contribution >= 4 is 17.5 Å². The third-order valence-electron chi connectivity index (χ3n) is 4.52. The SMILES string of the molecule is Cc1cc(Cl)ccc1OCC(=O)NCc1ccc(CN2CCOCC2)cc1. The maximum atomic E-state index is 12.0. The van der Waals surface area contributed by atoms with Gasteiger partial charge < -0.3 is 14.8 Å². The zero-order chi connectivity index (χ0) is 19.1. The van der Waals surface area contributed by atoms with Gasteiger partial charge in [-0.05, 0) is 41.8 Å². The van der Waals surface area contributed by atoms with Crippen molar-refractivity contribution in [1.82, 2.24) is 10.2 Å². The van der Waals surface area contributed by atoms with Crippen molar-refractivity contribution in [3.05, 3.63) is 64.2 Å². The fraction of sp³-hybridized carbons (Fsp3) is 0.381. The largest absolute Gasteiger partial charge is 0.484 e. The summed E-state index contributed by atoms with van der Waals surface area (Å²) < 4.78 is 10.9. The summed E-state index contributed by atoms with van der Waals surface area (Å²) in [4.78, 5) is 14.4. The Bertz CT molecular complexity index is 759. The average molecular weight is 389 g/mol. The second kappa shape index (κ2) is 9.74. The number of nitrogens with one attached hydrogen (secondary N) is 1. The van der Waals surface area contributed by atoms with Crippen LogP contribution in [0.1, 0.15) is 16.7 Å². The summed E-state index contributed by atoms with van der Waals surface area (Å²) >= 11 is 5.92. The Morgan fingerprint density at radius 1 is 1.15 bits per heavy atom. The number of hydrogen-bond acceptors (Lipinski definition) is 4. The number of morpholine rings is 1. The van der Waals surface area contributed by atoms with Crippen LogP contribution in [0.4, 0.5) is 0 Å². The van der Waals surface area contributed by atoms with E-state index < -0.39 is 0 Å².